The molecule has 16 heavy (non-hydrogen) atoms. The second kappa shape index (κ2) is 3.79. The molecule has 0 aromatic carbocycles. The molecule has 2 rings (SSSR count). The summed E-state index contributed by atoms with van der Waals surface area (Å²) < 4.78 is 1.68. The third-order valence-electron chi connectivity index (χ3n) is 2.59. The largest absolute Gasteiger partial charge is 0.395 e. The van der Waals surface area contributed by atoms with Gasteiger partial charge in [-0.05, 0) is 32.4 Å². The van der Waals surface area contributed by atoms with Crippen LogP contribution in [0.25, 0.3) is 5.82 Å². The number of halogens is 1. The summed E-state index contributed by atoms with van der Waals surface area (Å²) in [6.45, 7) is 5.69. The zero-order valence-corrected chi connectivity index (χ0v) is 10.2. The van der Waals surface area contributed by atoms with Crippen molar-refractivity contribution in [2.75, 3.05) is 5.73 Å². The lowest BCUT2D eigenvalue weighted by Gasteiger charge is -2.08. The summed E-state index contributed by atoms with van der Waals surface area (Å²) in [5, 5.41) is 4.98. The summed E-state index contributed by atoms with van der Waals surface area (Å²) in [6, 6.07) is 1.87. The van der Waals surface area contributed by atoms with E-state index in [9.17, 15) is 0 Å². The van der Waals surface area contributed by atoms with Crippen molar-refractivity contribution in [1.82, 2.24) is 14.8 Å². The minimum absolute atomic E-state index is 0.629. The highest BCUT2D eigenvalue weighted by Crippen LogP contribution is 2.25. The third kappa shape index (κ3) is 1.55. The average molecular weight is 237 g/mol. The molecule has 0 aliphatic heterocycles. The zero-order chi connectivity index (χ0) is 11.9. The molecule has 84 valence electrons. The van der Waals surface area contributed by atoms with Crippen LogP contribution in [0.3, 0.4) is 0 Å². The first-order valence-corrected chi connectivity index (χ1v) is 5.33. The van der Waals surface area contributed by atoms with Gasteiger partial charge < -0.3 is 5.73 Å². The van der Waals surface area contributed by atoms with Gasteiger partial charge in [0, 0.05) is 6.20 Å². The number of nitrogen functional groups attached to an aromatic ring is 1. The molecule has 2 N–H and O–H groups in total. The van der Waals surface area contributed by atoms with Crippen LogP contribution in [0.15, 0.2) is 12.3 Å². The van der Waals surface area contributed by atoms with Crippen LogP contribution in [0.1, 0.15) is 17.0 Å². The van der Waals surface area contributed by atoms with E-state index >= 15 is 0 Å². The predicted molar refractivity (Wildman–Crippen MR) is 65.0 cm³/mol. The molecule has 4 nitrogen and oxygen atoms in total. The van der Waals surface area contributed by atoms with Crippen molar-refractivity contribution in [2.24, 2.45) is 0 Å². The van der Waals surface area contributed by atoms with E-state index in [-0.39, 0.29) is 0 Å². The highest BCUT2D eigenvalue weighted by Gasteiger charge is 2.14. The van der Waals surface area contributed by atoms with Gasteiger partial charge >= 0.3 is 0 Å². The van der Waals surface area contributed by atoms with Gasteiger partial charge in [0.25, 0.3) is 0 Å². The van der Waals surface area contributed by atoms with Gasteiger partial charge in [0.15, 0.2) is 5.82 Å². The molecule has 5 heteroatoms. The van der Waals surface area contributed by atoms with Crippen LogP contribution in [0.5, 0.6) is 0 Å². The molecule has 0 radical (unpaired) electrons. The molecule has 0 saturated heterocycles. The van der Waals surface area contributed by atoms with Crippen LogP contribution < -0.4 is 5.73 Å². The maximum atomic E-state index is 6.09. The Hall–Kier alpha value is -1.55. The van der Waals surface area contributed by atoms with Gasteiger partial charge in [-0.1, -0.05) is 11.6 Å². The number of anilines is 1. The normalized spacial score (nSPS) is 10.8. The van der Waals surface area contributed by atoms with Crippen molar-refractivity contribution >= 4 is 17.3 Å². The Bertz CT molecular complexity index is 545. The molecule has 0 saturated carbocycles. The van der Waals surface area contributed by atoms with Crippen molar-refractivity contribution in [1.29, 1.82) is 0 Å². The molecule has 2 heterocycles. The van der Waals surface area contributed by atoms with E-state index in [1.807, 2.05) is 26.8 Å². The van der Waals surface area contributed by atoms with Gasteiger partial charge in [-0.25, -0.2) is 9.67 Å². The Kier molecular flexibility index (Phi) is 2.59. The van der Waals surface area contributed by atoms with Crippen molar-refractivity contribution < 1.29 is 0 Å². The van der Waals surface area contributed by atoms with E-state index in [1.165, 1.54) is 0 Å². The number of hydrogen-bond acceptors (Lipinski definition) is 3. The maximum Gasteiger partial charge on any atom is 0.177 e. The number of rotatable bonds is 1. The molecule has 0 bridgehead atoms. The maximum absolute atomic E-state index is 6.09. The van der Waals surface area contributed by atoms with Gasteiger partial charge in [0.1, 0.15) is 0 Å². The van der Waals surface area contributed by atoms with E-state index in [0.29, 0.717) is 16.5 Å². The Morgan fingerprint density at radius 1 is 1.31 bits per heavy atom. The van der Waals surface area contributed by atoms with Gasteiger partial charge in [-0.3, -0.25) is 0 Å². The van der Waals surface area contributed by atoms with Gasteiger partial charge in [0.05, 0.1) is 22.1 Å². The van der Waals surface area contributed by atoms with Crippen LogP contribution in [-0.4, -0.2) is 14.8 Å². The Morgan fingerprint density at radius 3 is 2.56 bits per heavy atom. The predicted octanol–water partition coefficient (Wildman–Crippen LogP) is 2.43. The first-order chi connectivity index (χ1) is 7.52. The van der Waals surface area contributed by atoms with Crippen molar-refractivity contribution in [3.63, 3.8) is 0 Å². The number of pyridine rings is 1. The molecule has 0 atom stereocenters. The number of aromatic nitrogens is 3. The Balaban J connectivity index is 2.68. The lowest BCUT2D eigenvalue weighted by molar-refractivity contribution is 0.807. The van der Waals surface area contributed by atoms with Crippen LogP contribution in [0.2, 0.25) is 5.02 Å². The first kappa shape index (κ1) is 11.0. The second-order valence-electron chi connectivity index (χ2n) is 3.76. The smallest absolute Gasteiger partial charge is 0.177 e. The summed E-state index contributed by atoms with van der Waals surface area (Å²) in [5.41, 5.74) is 9.22. The summed E-state index contributed by atoms with van der Waals surface area (Å²) >= 11 is 6.09. The summed E-state index contributed by atoms with van der Waals surface area (Å²) in [4.78, 5) is 4.24. The number of nitrogens with zero attached hydrogens (tertiary/aromatic N) is 3. The van der Waals surface area contributed by atoms with Crippen LogP contribution in [-0.2, 0) is 0 Å². The highest BCUT2D eigenvalue weighted by atomic mass is 35.5. The molecular formula is C11H13ClN4. The lowest BCUT2D eigenvalue weighted by Crippen LogP contribution is -2.07. The van der Waals surface area contributed by atoms with Crippen LogP contribution >= 0.6 is 11.6 Å². The molecule has 0 amide bonds. The SMILES string of the molecule is Cc1ccnc(-n2nc(C)c(Cl)c2C)c1N. The molecule has 0 fully saturated rings. The molecule has 0 unspecified atom stereocenters. The van der Waals surface area contributed by atoms with Crippen LogP contribution in [0.4, 0.5) is 5.69 Å². The van der Waals surface area contributed by atoms with Crippen molar-refractivity contribution in [3.8, 4) is 5.82 Å². The fraction of sp³-hybridized carbons (Fsp3) is 0.273. The molecule has 2 aromatic heterocycles. The molecular weight excluding hydrogens is 224 g/mol. The van der Waals surface area contributed by atoms with Gasteiger partial charge in [0.2, 0.25) is 0 Å². The lowest BCUT2D eigenvalue weighted by atomic mass is 10.2. The Morgan fingerprint density at radius 2 is 2.00 bits per heavy atom. The zero-order valence-electron chi connectivity index (χ0n) is 9.45. The topological polar surface area (TPSA) is 56.7 Å². The highest BCUT2D eigenvalue weighted by molar-refractivity contribution is 6.31. The van der Waals surface area contributed by atoms with Gasteiger partial charge in [-0.15, -0.1) is 0 Å². The summed E-state index contributed by atoms with van der Waals surface area (Å²) in [5.74, 6) is 0.632. The minimum Gasteiger partial charge on any atom is -0.395 e. The van der Waals surface area contributed by atoms with E-state index in [2.05, 4.69) is 10.1 Å². The van der Waals surface area contributed by atoms with E-state index in [4.69, 9.17) is 17.3 Å². The molecule has 2 aromatic rings. The number of aryl methyl sites for hydroxylation is 2. The van der Waals surface area contributed by atoms with Gasteiger partial charge in [-0.2, -0.15) is 5.10 Å². The number of hydrogen-bond donors (Lipinski definition) is 1. The quantitative estimate of drug-likeness (QED) is 0.827. The van der Waals surface area contributed by atoms with Crippen molar-refractivity contribution in [3.05, 3.63) is 34.2 Å². The first-order valence-electron chi connectivity index (χ1n) is 4.95. The average Bonchev–Trinajstić information content (AvgIpc) is 2.50. The van der Waals surface area contributed by atoms with Crippen LogP contribution in [0, 0.1) is 20.8 Å². The fourth-order valence-electron chi connectivity index (χ4n) is 1.55. The molecule has 0 aliphatic carbocycles. The monoisotopic (exact) mass is 236 g/mol. The Labute approximate surface area is 99.1 Å². The molecule has 0 aliphatic rings. The fourth-order valence-corrected chi connectivity index (χ4v) is 1.67. The molecule has 0 spiro atoms. The third-order valence-corrected chi connectivity index (χ3v) is 3.14. The minimum atomic E-state index is 0.629. The summed E-state index contributed by atoms with van der Waals surface area (Å²) in [6.07, 6.45) is 1.71. The second-order valence-corrected chi connectivity index (χ2v) is 4.14. The number of nitrogens with two attached hydrogens (primary N) is 1. The summed E-state index contributed by atoms with van der Waals surface area (Å²) in [7, 11) is 0. The van der Waals surface area contributed by atoms with E-state index in [1.54, 1.807) is 10.9 Å². The standard InChI is InChI=1S/C11H13ClN4/c1-6-4-5-14-11(10(6)13)16-8(3)9(12)7(2)15-16/h4-5H,13H2,1-3H3. The van der Waals surface area contributed by atoms with E-state index in [0.717, 1.165) is 17.0 Å². The van der Waals surface area contributed by atoms with Crippen molar-refractivity contribution in [2.45, 2.75) is 20.8 Å². The van der Waals surface area contributed by atoms with E-state index < -0.39 is 0 Å².